The maximum Gasteiger partial charge on any atom is 0.172 e. The van der Waals surface area contributed by atoms with E-state index in [0.29, 0.717) is 10.6 Å². The summed E-state index contributed by atoms with van der Waals surface area (Å²) in [6.45, 7) is 3.56. The molecule has 188 valence electrons. The number of benzene rings is 2. The number of aromatic nitrogens is 3. The summed E-state index contributed by atoms with van der Waals surface area (Å²) < 4.78 is 1.95. The van der Waals surface area contributed by atoms with Crippen LogP contribution in [-0.4, -0.2) is 39.1 Å². The Morgan fingerprint density at radius 2 is 2.00 bits per heavy atom. The molecule has 0 saturated carbocycles. The number of hydrogen-bond acceptors (Lipinski definition) is 6. The second-order valence-electron chi connectivity index (χ2n) is 9.22. The minimum atomic E-state index is 0.486. The molecule has 3 heterocycles. The average molecular weight is 529 g/mol. The molecular formula is C29H29ClN6S. The van der Waals surface area contributed by atoms with Crippen molar-refractivity contribution in [1.29, 1.82) is 5.26 Å². The summed E-state index contributed by atoms with van der Waals surface area (Å²) in [5, 5.41) is 15.5. The van der Waals surface area contributed by atoms with Crippen molar-refractivity contribution in [3.63, 3.8) is 0 Å². The predicted molar refractivity (Wildman–Crippen MR) is 152 cm³/mol. The molecule has 0 bridgehead atoms. The third kappa shape index (κ3) is 6.16. The van der Waals surface area contributed by atoms with Gasteiger partial charge in [-0.3, -0.25) is 4.98 Å². The number of aryl methyl sites for hydroxylation is 1. The van der Waals surface area contributed by atoms with E-state index in [2.05, 4.69) is 50.5 Å². The van der Waals surface area contributed by atoms with Crippen molar-refractivity contribution in [2.45, 2.75) is 35.7 Å². The molecular weight excluding hydrogens is 500 g/mol. The van der Waals surface area contributed by atoms with Crippen molar-refractivity contribution in [3.05, 3.63) is 77.2 Å². The Morgan fingerprint density at radius 1 is 1.14 bits per heavy atom. The summed E-state index contributed by atoms with van der Waals surface area (Å²) in [5.74, 6) is 0. The number of fused-ring (bicyclic) bond motifs is 1. The number of anilines is 2. The highest BCUT2D eigenvalue weighted by molar-refractivity contribution is 7.99. The van der Waals surface area contributed by atoms with Crippen molar-refractivity contribution in [1.82, 2.24) is 19.4 Å². The molecule has 0 unspecified atom stereocenters. The number of likely N-dealkylation sites (tertiary alicyclic amines) is 1. The van der Waals surface area contributed by atoms with Crippen molar-refractivity contribution in [2.75, 3.05) is 25.0 Å². The molecule has 5 rings (SSSR count). The lowest BCUT2D eigenvalue weighted by molar-refractivity contribution is 0.233. The molecule has 1 aliphatic heterocycles. The van der Waals surface area contributed by atoms with Crippen LogP contribution in [-0.2, 0) is 7.05 Å². The fourth-order valence-corrected chi connectivity index (χ4v) is 5.65. The Labute approximate surface area is 227 Å². The number of hydrogen-bond donors (Lipinski definition) is 1. The van der Waals surface area contributed by atoms with E-state index in [4.69, 9.17) is 11.6 Å². The molecule has 0 radical (unpaired) electrons. The maximum absolute atomic E-state index is 9.75. The first-order valence-corrected chi connectivity index (χ1v) is 13.7. The van der Waals surface area contributed by atoms with E-state index in [1.807, 2.05) is 42.1 Å². The van der Waals surface area contributed by atoms with Gasteiger partial charge in [-0.05, 0) is 62.2 Å². The summed E-state index contributed by atoms with van der Waals surface area (Å²) in [6, 6.07) is 14.2. The fourth-order valence-electron chi connectivity index (χ4n) is 4.55. The minimum absolute atomic E-state index is 0.486. The van der Waals surface area contributed by atoms with E-state index in [1.165, 1.54) is 44.1 Å². The summed E-state index contributed by atoms with van der Waals surface area (Å²) in [4.78, 5) is 12.4. The van der Waals surface area contributed by atoms with E-state index >= 15 is 0 Å². The number of pyridine rings is 1. The standard InChI is InChI=1S/C29H29ClN6S/c1-35-16-12-32-29(35)37-27-11-9-23(18-25(27)30)34-28-22(19-31)20-33-26-17-21(8-10-24(26)28)7-3-6-15-36-13-4-2-5-14-36/h3,7-12,16-18,20H,2,4-6,13-15H2,1H3,(H,33,34)/b7-3+. The quantitative estimate of drug-likeness (QED) is 0.259. The molecule has 4 aromatic rings. The number of nitriles is 1. The van der Waals surface area contributed by atoms with Gasteiger partial charge in [-0.1, -0.05) is 54.1 Å². The Hall–Kier alpha value is -3.31. The van der Waals surface area contributed by atoms with Crippen LogP contribution in [0, 0.1) is 11.3 Å². The molecule has 0 atom stereocenters. The predicted octanol–water partition coefficient (Wildman–Crippen LogP) is 7.28. The van der Waals surface area contributed by atoms with Gasteiger partial charge in [-0.15, -0.1) is 0 Å². The Kier molecular flexibility index (Phi) is 8.10. The lowest BCUT2D eigenvalue weighted by Gasteiger charge is -2.25. The molecule has 0 spiro atoms. The van der Waals surface area contributed by atoms with Crippen LogP contribution in [0.2, 0.25) is 5.02 Å². The van der Waals surface area contributed by atoms with Gasteiger partial charge in [0.2, 0.25) is 0 Å². The van der Waals surface area contributed by atoms with Gasteiger partial charge < -0.3 is 14.8 Å². The number of piperidine rings is 1. The zero-order chi connectivity index (χ0) is 25.6. The van der Waals surface area contributed by atoms with Gasteiger partial charge in [0.25, 0.3) is 0 Å². The molecule has 1 aliphatic rings. The van der Waals surface area contributed by atoms with Crippen LogP contribution in [0.4, 0.5) is 11.4 Å². The van der Waals surface area contributed by atoms with E-state index in [9.17, 15) is 5.26 Å². The van der Waals surface area contributed by atoms with Crippen LogP contribution in [0.5, 0.6) is 0 Å². The Balaban J connectivity index is 1.33. The van der Waals surface area contributed by atoms with E-state index in [-0.39, 0.29) is 0 Å². The topological polar surface area (TPSA) is 69.8 Å². The molecule has 1 N–H and O–H groups in total. The average Bonchev–Trinajstić information content (AvgIpc) is 3.33. The highest BCUT2D eigenvalue weighted by Gasteiger charge is 2.12. The van der Waals surface area contributed by atoms with Crippen molar-refractivity contribution >= 4 is 51.7 Å². The lowest BCUT2D eigenvalue weighted by Crippen LogP contribution is -2.30. The van der Waals surface area contributed by atoms with E-state index in [0.717, 1.165) is 50.9 Å². The van der Waals surface area contributed by atoms with Crippen molar-refractivity contribution < 1.29 is 0 Å². The van der Waals surface area contributed by atoms with Crippen LogP contribution >= 0.6 is 23.4 Å². The molecule has 1 fully saturated rings. The highest BCUT2D eigenvalue weighted by Crippen LogP contribution is 2.36. The normalized spacial score (nSPS) is 14.3. The van der Waals surface area contributed by atoms with Gasteiger partial charge in [-0.25, -0.2) is 4.98 Å². The number of nitrogens with zero attached hydrogens (tertiary/aromatic N) is 5. The van der Waals surface area contributed by atoms with Crippen LogP contribution in [0.15, 0.2) is 71.1 Å². The first-order chi connectivity index (χ1) is 18.1. The monoisotopic (exact) mass is 528 g/mol. The molecule has 2 aromatic carbocycles. The van der Waals surface area contributed by atoms with Gasteiger partial charge in [0, 0.05) is 48.2 Å². The summed E-state index contributed by atoms with van der Waals surface area (Å²) in [5.41, 5.74) is 3.97. The van der Waals surface area contributed by atoms with Gasteiger partial charge in [-0.2, -0.15) is 5.26 Å². The third-order valence-electron chi connectivity index (χ3n) is 6.56. The Bertz CT molecular complexity index is 1470. The largest absolute Gasteiger partial charge is 0.354 e. The van der Waals surface area contributed by atoms with Crippen LogP contribution in [0.1, 0.15) is 36.8 Å². The zero-order valence-electron chi connectivity index (χ0n) is 20.8. The molecule has 2 aromatic heterocycles. The molecule has 37 heavy (non-hydrogen) atoms. The smallest absolute Gasteiger partial charge is 0.172 e. The molecule has 0 aliphatic carbocycles. The number of imidazole rings is 1. The van der Waals surface area contributed by atoms with E-state index in [1.54, 1.807) is 12.4 Å². The molecule has 0 amide bonds. The molecule has 8 heteroatoms. The SMILES string of the molecule is Cn1ccnc1Sc1ccc(Nc2c(C#N)cnc3cc(/C=C/CCN4CCCCC4)ccc23)cc1Cl. The lowest BCUT2D eigenvalue weighted by atomic mass is 10.1. The van der Waals surface area contributed by atoms with Crippen molar-refractivity contribution in [3.8, 4) is 6.07 Å². The molecule has 1 saturated heterocycles. The highest BCUT2D eigenvalue weighted by atomic mass is 35.5. The first-order valence-electron chi connectivity index (χ1n) is 12.5. The zero-order valence-corrected chi connectivity index (χ0v) is 22.4. The fraction of sp³-hybridized carbons (Fsp3) is 0.276. The van der Waals surface area contributed by atoms with Crippen LogP contribution in [0.25, 0.3) is 17.0 Å². The second-order valence-corrected chi connectivity index (χ2v) is 10.6. The summed E-state index contributed by atoms with van der Waals surface area (Å²) in [7, 11) is 1.95. The van der Waals surface area contributed by atoms with Gasteiger partial charge in [0.05, 0.1) is 21.8 Å². The van der Waals surface area contributed by atoms with Crippen LogP contribution in [0.3, 0.4) is 0 Å². The van der Waals surface area contributed by atoms with Crippen molar-refractivity contribution in [2.24, 2.45) is 7.05 Å². The number of rotatable bonds is 8. The summed E-state index contributed by atoms with van der Waals surface area (Å²) >= 11 is 8.11. The maximum atomic E-state index is 9.75. The van der Waals surface area contributed by atoms with Gasteiger partial charge in [0.1, 0.15) is 6.07 Å². The Morgan fingerprint density at radius 3 is 2.76 bits per heavy atom. The number of halogens is 1. The van der Waals surface area contributed by atoms with E-state index < -0.39 is 0 Å². The third-order valence-corrected chi connectivity index (χ3v) is 8.14. The van der Waals surface area contributed by atoms with Gasteiger partial charge in [0.15, 0.2) is 5.16 Å². The summed E-state index contributed by atoms with van der Waals surface area (Å²) in [6.07, 6.45) is 14.7. The number of nitrogens with one attached hydrogen (secondary N) is 1. The van der Waals surface area contributed by atoms with Crippen LogP contribution < -0.4 is 5.32 Å². The minimum Gasteiger partial charge on any atom is -0.354 e. The second kappa shape index (κ2) is 11.8. The van der Waals surface area contributed by atoms with Gasteiger partial charge >= 0.3 is 0 Å². The first kappa shape index (κ1) is 25.3. The molecule has 6 nitrogen and oxygen atoms in total.